The van der Waals surface area contributed by atoms with Crippen molar-refractivity contribution in [1.29, 1.82) is 0 Å². The molecule has 1 aliphatic rings. The maximum Gasteiger partial charge on any atom is 0.251 e. The largest absolute Gasteiger partial charge is 0.487 e. The van der Waals surface area contributed by atoms with Crippen LogP contribution in [-0.2, 0) is 11.3 Å². The van der Waals surface area contributed by atoms with Gasteiger partial charge in [0.1, 0.15) is 18.0 Å². The van der Waals surface area contributed by atoms with Gasteiger partial charge in [-0.3, -0.25) is 9.69 Å². The number of nitrogens with zero attached hydrogens (tertiary/aromatic N) is 3. The Kier molecular flexibility index (Phi) is 7.07. The van der Waals surface area contributed by atoms with E-state index in [1.807, 2.05) is 47.1 Å². The number of morpholine rings is 1. The zero-order valence-corrected chi connectivity index (χ0v) is 19.9. The number of fused-ring (bicyclic) bond motifs is 1. The van der Waals surface area contributed by atoms with Crippen molar-refractivity contribution >= 4 is 11.6 Å². The number of pyridine rings is 1. The number of amides is 1. The molecule has 1 aliphatic heterocycles. The van der Waals surface area contributed by atoms with Gasteiger partial charge in [0.15, 0.2) is 0 Å². The molecule has 1 saturated heterocycles. The van der Waals surface area contributed by atoms with Gasteiger partial charge in [0.2, 0.25) is 0 Å². The first-order valence-electron chi connectivity index (χ1n) is 12.0. The van der Waals surface area contributed by atoms with E-state index in [4.69, 9.17) is 9.47 Å². The first kappa shape index (κ1) is 23.1. The number of ether oxygens (including phenoxy) is 2. The Morgan fingerprint density at radius 1 is 1.06 bits per heavy atom. The molecule has 5 rings (SSSR count). The van der Waals surface area contributed by atoms with Crippen molar-refractivity contribution in [3.05, 3.63) is 102 Å². The monoisotopic (exact) mass is 470 g/mol. The van der Waals surface area contributed by atoms with Crippen molar-refractivity contribution < 1.29 is 14.3 Å². The second-order valence-electron chi connectivity index (χ2n) is 8.86. The summed E-state index contributed by atoms with van der Waals surface area (Å²) in [4.78, 5) is 20.0. The summed E-state index contributed by atoms with van der Waals surface area (Å²) in [5.74, 6) is 0.595. The van der Waals surface area contributed by atoms with Crippen molar-refractivity contribution in [1.82, 2.24) is 19.6 Å². The standard InChI is InChI=1S/C28H30N4O3/c1-21-5-7-22(8-6-21)26(19-31-14-16-34-17-15-31)30-28(33)23-9-11-25(12-10-23)35-20-24-18-32-13-3-2-4-27(32)29-24/h2-13,18,26H,14-17,19-20H2,1H3,(H,30,33). The predicted octanol–water partition coefficient (Wildman–Crippen LogP) is 4.03. The Morgan fingerprint density at radius 2 is 1.83 bits per heavy atom. The lowest BCUT2D eigenvalue weighted by Gasteiger charge is -2.31. The van der Waals surface area contributed by atoms with Gasteiger partial charge < -0.3 is 19.2 Å². The predicted molar refractivity (Wildman–Crippen MR) is 135 cm³/mol. The summed E-state index contributed by atoms with van der Waals surface area (Å²) in [5.41, 5.74) is 4.64. The number of carbonyl (C=O) groups excluding carboxylic acids is 1. The molecule has 1 unspecified atom stereocenters. The molecule has 0 spiro atoms. The quantitative estimate of drug-likeness (QED) is 0.421. The summed E-state index contributed by atoms with van der Waals surface area (Å²) in [6.07, 6.45) is 3.92. The van der Waals surface area contributed by atoms with Gasteiger partial charge in [-0.1, -0.05) is 35.9 Å². The van der Waals surface area contributed by atoms with E-state index in [2.05, 4.69) is 46.4 Å². The Hall–Kier alpha value is -3.68. The Balaban J connectivity index is 1.23. The van der Waals surface area contributed by atoms with E-state index >= 15 is 0 Å². The molecule has 35 heavy (non-hydrogen) atoms. The number of imidazole rings is 1. The Labute approximate surface area is 205 Å². The van der Waals surface area contributed by atoms with Crippen LogP contribution in [-0.4, -0.2) is 53.0 Å². The number of rotatable bonds is 8. The molecule has 0 aliphatic carbocycles. The third-order valence-electron chi connectivity index (χ3n) is 6.25. The molecule has 0 saturated carbocycles. The van der Waals surface area contributed by atoms with Crippen LogP contribution in [0.25, 0.3) is 5.65 Å². The van der Waals surface area contributed by atoms with Gasteiger partial charge in [0.25, 0.3) is 5.91 Å². The summed E-state index contributed by atoms with van der Waals surface area (Å²) in [6.45, 7) is 6.38. The van der Waals surface area contributed by atoms with Crippen LogP contribution in [0.4, 0.5) is 0 Å². The highest BCUT2D eigenvalue weighted by atomic mass is 16.5. The zero-order chi connectivity index (χ0) is 24.0. The molecule has 1 N–H and O–H groups in total. The van der Waals surface area contributed by atoms with Crippen molar-refractivity contribution in [2.24, 2.45) is 0 Å². The van der Waals surface area contributed by atoms with E-state index in [1.54, 1.807) is 12.1 Å². The van der Waals surface area contributed by atoms with Crippen molar-refractivity contribution in [3.8, 4) is 5.75 Å². The van der Waals surface area contributed by atoms with E-state index in [9.17, 15) is 4.79 Å². The lowest BCUT2D eigenvalue weighted by Crippen LogP contribution is -2.43. The number of nitrogens with one attached hydrogen (secondary N) is 1. The minimum Gasteiger partial charge on any atom is -0.487 e. The molecule has 0 bridgehead atoms. The van der Waals surface area contributed by atoms with Crippen LogP contribution in [0.5, 0.6) is 5.75 Å². The first-order chi connectivity index (χ1) is 17.1. The topological polar surface area (TPSA) is 68.1 Å². The molecular formula is C28H30N4O3. The van der Waals surface area contributed by atoms with Crippen molar-refractivity contribution in [2.75, 3.05) is 32.8 Å². The number of aromatic nitrogens is 2. The molecule has 0 radical (unpaired) electrons. The van der Waals surface area contributed by atoms with Gasteiger partial charge >= 0.3 is 0 Å². The summed E-state index contributed by atoms with van der Waals surface area (Å²) >= 11 is 0. The normalized spacial score (nSPS) is 15.1. The average molecular weight is 471 g/mol. The lowest BCUT2D eigenvalue weighted by molar-refractivity contribution is 0.0332. The highest BCUT2D eigenvalue weighted by molar-refractivity contribution is 5.94. The fraction of sp³-hybridized carbons (Fsp3) is 0.286. The highest BCUT2D eigenvalue weighted by Gasteiger charge is 2.21. The van der Waals surface area contributed by atoms with Gasteiger partial charge in [-0.15, -0.1) is 0 Å². The molecule has 1 fully saturated rings. The molecule has 4 aromatic rings. The van der Waals surface area contributed by atoms with E-state index in [0.717, 1.165) is 49.8 Å². The van der Waals surface area contributed by atoms with E-state index in [0.29, 0.717) is 17.9 Å². The number of carbonyl (C=O) groups is 1. The van der Waals surface area contributed by atoms with Crippen LogP contribution >= 0.6 is 0 Å². The van der Waals surface area contributed by atoms with Gasteiger partial charge in [0.05, 0.1) is 24.9 Å². The third kappa shape index (κ3) is 5.88. The van der Waals surface area contributed by atoms with Gasteiger partial charge in [-0.05, 0) is 48.9 Å². The summed E-state index contributed by atoms with van der Waals surface area (Å²) in [6, 6.07) is 21.4. The molecule has 7 heteroatoms. The fourth-order valence-electron chi connectivity index (χ4n) is 4.23. The van der Waals surface area contributed by atoms with Crippen molar-refractivity contribution in [2.45, 2.75) is 19.6 Å². The van der Waals surface area contributed by atoms with E-state index in [1.165, 1.54) is 5.56 Å². The second-order valence-corrected chi connectivity index (χ2v) is 8.86. The molecule has 1 atom stereocenters. The van der Waals surface area contributed by atoms with Crippen LogP contribution in [0.1, 0.15) is 33.2 Å². The zero-order valence-electron chi connectivity index (χ0n) is 19.9. The molecule has 3 heterocycles. The second kappa shape index (κ2) is 10.7. The Morgan fingerprint density at radius 3 is 2.57 bits per heavy atom. The summed E-state index contributed by atoms with van der Waals surface area (Å²) in [7, 11) is 0. The smallest absolute Gasteiger partial charge is 0.251 e. The molecule has 7 nitrogen and oxygen atoms in total. The highest BCUT2D eigenvalue weighted by Crippen LogP contribution is 2.19. The van der Waals surface area contributed by atoms with E-state index < -0.39 is 0 Å². The van der Waals surface area contributed by atoms with Crippen LogP contribution in [0.15, 0.2) is 79.1 Å². The molecule has 2 aromatic carbocycles. The summed E-state index contributed by atoms with van der Waals surface area (Å²) in [5, 5.41) is 3.23. The van der Waals surface area contributed by atoms with Crippen LogP contribution in [0.3, 0.4) is 0 Å². The molecule has 180 valence electrons. The maximum atomic E-state index is 13.1. The number of aryl methyl sites for hydroxylation is 1. The van der Waals surface area contributed by atoms with E-state index in [-0.39, 0.29) is 11.9 Å². The number of hydrogen-bond donors (Lipinski definition) is 1. The van der Waals surface area contributed by atoms with Crippen LogP contribution < -0.4 is 10.1 Å². The maximum absolute atomic E-state index is 13.1. The van der Waals surface area contributed by atoms with Crippen LogP contribution in [0, 0.1) is 6.92 Å². The minimum atomic E-state index is -0.104. The van der Waals surface area contributed by atoms with Gasteiger partial charge in [-0.25, -0.2) is 4.98 Å². The molecular weight excluding hydrogens is 440 g/mol. The molecule has 1 amide bonds. The van der Waals surface area contributed by atoms with Gasteiger partial charge in [-0.2, -0.15) is 0 Å². The Bertz CT molecular complexity index is 1230. The third-order valence-corrected chi connectivity index (χ3v) is 6.25. The fourth-order valence-corrected chi connectivity index (χ4v) is 4.23. The number of hydrogen-bond acceptors (Lipinski definition) is 5. The SMILES string of the molecule is Cc1ccc(C(CN2CCOCC2)NC(=O)c2ccc(OCc3cn4ccccc4n3)cc2)cc1. The molecule has 2 aromatic heterocycles. The van der Waals surface area contributed by atoms with Gasteiger partial charge in [0, 0.05) is 37.6 Å². The van der Waals surface area contributed by atoms with Crippen LogP contribution in [0.2, 0.25) is 0 Å². The number of benzene rings is 2. The first-order valence-corrected chi connectivity index (χ1v) is 12.0. The average Bonchev–Trinajstić information content (AvgIpc) is 3.32. The minimum absolute atomic E-state index is 0.101. The summed E-state index contributed by atoms with van der Waals surface area (Å²) < 4.78 is 13.3. The van der Waals surface area contributed by atoms with Crippen molar-refractivity contribution in [3.63, 3.8) is 0 Å². The lowest BCUT2D eigenvalue weighted by atomic mass is 10.0.